The maximum Gasteiger partial charge on any atom is 0.252 e. The van der Waals surface area contributed by atoms with Gasteiger partial charge in [-0.2, -0.15) is 5.10 Å². The van der Waals surface area contributed by atoms with Gasteiger partial charge >= 0.3 is 0 Å². The number of hydrogen-bond donors (Lipinski definition) is 1. The van der Waals surface area contributed by atoms with Gasteiger partial charge in [0.1, 0.15) is 0 Å². The summed E-state index contributed by atoms with van der Waals surface area (Å²) in [6.07, 6.45) is 10.6. The normalized spacial score (nSPS) is 14.0. The van der Waals surface area contributed by atoms with E-state index >= 15 is 0 Å². The second-order valence-electron chi connectivity index (χ2n) is 8.69. The van der Waals surface area contributed by atoms with Crippen molar-refractivity contribution < 1.29 is 4.79 Å². The number of carbonyl (C=O) groups excluding carboxylic acids is 1. The van der Waals surface area contributed by atoms with E-state index in [-0.39, 0.29) is 11.9 Å². The molecular formula is C28H32N4OS. The van der Waals surface area contributed by atoms with Crippen LogP contribution in [0, 0.1) is 13.8 Å². The Labute approximate surface area is 206 Å². The van der Waals surface area contributed by atoms with E-state index in [2.05, 4.69) is 84.7 Å². The summed E-state index contributed by atoms with van der Waals surface area (Å²) in [5.41, 5.74) is 8.02. The molecule has 5 nitrogen and oxygen atoms in total. The molecule has 0 spiro atoms. The first-order valence-corrected chi connectivity index (χ1v) is 13.0. The Morgan fingerprint density at radius 3 is 2.62 bits per heavy atom. The molecule has 1 N–H and O–H groups in total. The Balaban J connectivity index is 1.69. The van der Waals surface area contributed by atoms with Crippen LogP contribution >= 0.6 is 11.8 Å². The van der Waals surface area contributed by atoms with E-state index in [9.17, 15) is 4.79 Å². The van der Waals surface area contributed by atoms with E-state index in [0.29, 0.717) is 5.57 Å². The number of pyridine rings is 1. The lowest BCUT2D eigenvalue weighted by atomic mass is 10.0. The zero-order valence-electron chi connectivity index (χ0n) is 20.6. The van der Waals surface area contributed by atoms with Crippen molar-refractivity contribution in [2.75, 3.05) is 6.26 Å². The van der Waals surface area contributed by atoms with E-state index in [1.165, 1.54) is 11.1 Å². The highest BCUT2D eigenvalue weighted by Crippen LogP contribution is 2.31. The third kappa shape index (κ3) is 5.02. The lowest BCUT2D eigenvalue weighted by Crippen LogP contribution is -2.29. The molecule has 1 aliphatic rings. The molecule has 2 aromatic heterocycles. The molecule has 1 amide bonds. The van der Waals surface area contributed by atoms with Crippen LogP contribution in [0.3, 0.4) is 0 Å². The highest BCUT2D eigenvalue weighted by Gasteiger charge is 2.24. The van der Waals surface area contributed by atoms with Crippen molar-refractivity contribution in [3.8, 4) is 5.69 Å². The van der Waals surface area contributed by atoms with Crippen LogP contribution in [0.25, 0.3) is 17.3 Å². The number of hydrogen-bond acceptors (Lipinski definition) is 4. The molecule has 1 aromatic carbocycles. The number of aryl methyl sites for hydroxylation is 2. The molecule has 34 heavy (non-hydrogen) atoms. The fourth-order valence-electron chi connectivity index (χ4n) is 4.28. The van der Waals surface area contributed by atoms with Crippen LogP contribution in [-0.4, -0.2) is 26.9 Å². The molecule has 0 fully saturated rings. The molecule has 1 atom stereocenters. The number of amides is 1. The van der Waals surface area contributed by atoms with Gasteiger partial charge in [0.15, 0.2) is 0 Å². The highest BCUT2D eigenvalue weighted by molar-refractivity contribution is 7.98. The minimum absolute atomic E-state index is 0.0672. The predicted molar refractivity (Wildman–Crippen MR) is 141 cm³/mol. The van der Waals surface area contributed by atoms with E-state index in [1.54, 1.807) is 11.8 Å². The van der Waals surface area contributed by atoms with Gasteiger partial charge in [0.05, 0.1) is 28.6 Å². The van der Waals surface area contributed by atoms with Gasteiger partial charge in [-0.15, -0.1) is 11.8 Å². The first-order chi connectivity index (χ1) is 16.4. The Hall–Kier alpha value is -3.12. The second-order valence-corrected chi connectivity index (χ2v) is 9.51. The molecule has 3 aromatic rings. The predicted octanol–water partition coefficient (Wildman–Crippen LogP) is 6.45. The number of aromatic nitrogens is 3. The zero-order chi connectivity index (χ0) is 24.2. The fraction of sp³-hybridized carbons (Fsp3) is 0.321. The summed E-state index contributed by atoms with van der Waals surface area (Å²) in [6, 6.07) is 12.4. The van der Waals surface area contributed by atoms with Gasteiger partial charge in [-0.3, -0.25) is 4.79 Å². The Kier molecular flexibility index (Phi) is 7.37. The van der Waals surface area contributed by atoms with E-state index < -0.39 is 0 Å². The maximum absolute atomic E-state index is 13.6. The molecular weight excluding hydrogens is 440 g/mol. The summed E-state index contributed by atoms with van der Waals surface area (Å²) in [7, 11) is 0. The quantitative estimate of drug-likeness (QED) is 0.401. The van der Waals surface area contributed by atoms with Gasteiger partial charge < -0.3 is 5.32 Å². The summed E-state index contributed by atoms with van der Waals surface area (Å²) in [5, 5.41) is 8.92. The van der Waals surface area contributed by atoms with Crippen LogP contribution in [-0.2, 0) is 4.79 Å². The molecule has 0 saturated heterocycles. The largest absolute Gasteiger partial charge is 0.345 e. The van der Waals surface area contributed by atoms with Crippen molar-refractivity contribution in [1.82, 2.24) is 20.1 Å². The second kappa shape index (κ2) is 10.4. The average Bonchev–Trinajstić information content (AvgIpc) is 3.15. The standard InChI is InChI=1S/C28H32N4OS/c1-6-20-10-13-23(24-17-29-32(26(24)15-20)22-11-8-18(3)9-12-22)28(33)31-25(7-2)21-14-19(4)30-27(16-21)34-5/h8-9,11-17,25H,6-7,10H2,1-5H3,(H,31,33). The van der Waals surface area contributed by atoms with E-state index in [4.69, 9.17) is 0 Å². The number of allylic oxidation sites excluding steroid dienone is 2. The van der Waals surface area contributed by atoms with Crippen molar-refractivity contribution in [3.63, 3.8) is 0 Å². The molecule has 0 radical (unpaired) electrons. The minimum atomic E-state index is -0.0848. The Morgan fingerprint density at radius 1 is 1.18 bits per heavy atom. The van der Waals surface area contributed by atoms with Crippen LogP contribution in [0.5, 0.6) is 0 Å². The summed E-state index contributed by atoms with van der Waals surface area (Å²) in [5.74, 6) is -0.0672. The topological polar surface area (TPSA) is 59.8 Å². The first kappa shape index (κ1) is 24.0. The van der Waals surface area contributed by atoms with Crippen molar-refractivity contribution in [1.29, 1.82) is 0 Å². The number of nitrogens with one attached hydrogen (secondary N) is 1. The lowest BCUT2D eigenvalue weighted by Gasteiger charge is -2.19. The maximum atomic E-state index is 13.6. The summed E-state index contributed by atoms with van der Waals surface area (Å²) >= 11 is 1.62. The Bertz CT molecular complexity index is 1250. The number of rotatable bonds is 7. The van der Waals surface area contributed by atoms with Crippen LogP contribution in [0.2, 0.25) is 0 Å². The minimum Gasteiger partial charge on any atom is -0.345 e. The third-order valence-corrected chi connectivity index (χ3v) is 6.89. The molecule has 1 aliphatic carbocycles. The van der Waals surface area contributed by atoms with Gasteiger partial charge in [-0.1, -0.05) is 43.2 Å². The van der Waals surface area contributed by atoms with Crippen molar-refractivity contribution in [2.24, 2.45) is 0 Å². The van der Waals surface area contributed by atoms with Crippen LogP contribution in [0.4, 0.5) is 0 Å². The summed E-state index contributed by atoms with van der Waals surface area (Å²) in [6.45, 7) is 8.32. The van der Waals surface area contributed by atoms with Gasteiger partial charge in [0.25, 0.3) is 5.91 Å². The monoisotopic (exact) mass is 472 g/mol. The fourth-order valence-corrected chi connectivity index (χ4v) is 4.77. The lowest BCUT2D eigenvalue weighted by molar-refractivity contribution is -0.116. The molecule has 2 heterocycles. The molecule has 0 aliphatic heterocycles. The van der Waals surface area contributed by atoms with E-state index in [0.717, 1.165) is 52.5 Å². The number of carbonyl (C=O) groups is 1. The van der Waals surface area contributed by atoms with Gasteiger partial charge in [0, 0.05) is 16.8 Å². The van der Waals surface area contributed by atoms with Crippen LogP contribution in [0.15, 0.2) is 59.3 Å². The van der Waals surface area contributed by atoms with Gasteiger partial charge in [0.2, 0.25) is 0 Å². The summed E-state index contributed by atoms with van der Waals surface area (Å²) in [4.78, 5) is 18.2. The number of fused-ring (bicyclic) bond motifs is 1. The van der Waals surface area contributed by atoms with Crippen molar-refractivity contribution in [3.05, 3.63) is 82.3 Å². The molecule has 176 valence electrons. The Morgan fingerprint density at radius 2 is 1.94 bits per heavy atom. The smallest absolute Gasteiger partial charge is 0.252 e. The first-order valence-electron chi connectivity index (χ1n) is 11.8. The van der Waals surface area contributed by atoms with E-state index in [1.807, 2.05) is 24.1 Å². The van der Waals surface area contributed by atoms with Gasteiger partial charge in [-0.05, 0) is 75.3 Å². The van der Waals surface area contributed by atoms with Crippen LogP contribution < -0.4 is 5.32 Å². The SMILES string of the molecule is CCC1=Cc2c(cnn2-c2ccc(C)cc2)C(C(=O)NC(CC)c2cc(C)nc(SC)c2)=CC1. The molecule has 0 bridgehead atoms. The van der Waals surface area contributed by atoms with Crippen LogP contribution in [0.1, 0.15) is 67.2 Å². The molecule has 4 rings (SSSR count). The van der Waals surface area contributed by atoms with Crippen molar-refractivity contribution in [2.45, 2.75) is 58.0 Å². The zero-order valence-corrected chi connectivity index (χ0v) is 21.4. The van der Waals surface area contributed by atoms with Gasteiger partial charge in [-0.25, -0.2) is 9.67 Å². The van der Waals surface area contributed by atoms with Crippen molar-refractivity contribution >= 4 is 29.3 Å². The highest BCUT2D eigenvalue weighted by atomic mass is 32.2. The number of nitrogens with zero attached hydrogens (tertiary/aromatic N) is 3. The molecule has 6 heteroatoms. The average molecular weight is 473 g/mol. The molecule has 0 saturated carbocycles. The third-order valence-electron chi connectivity index (χ3n) is 6.26. The number of thioether (sulfide) groups is 1. The molecule has 1 unspecified atom stereocenters. The number of benzene rings is 1. The summed E-state index contributed by atoms with van der Waals surface area (Å²) < 4.78 is 1.94.